The van der Waals surface area contributed by atoms with E-state index in [4.69, 9.17) is 11.5 Å². The fraction of sp³-hybridized carbons (Fsp3) is 0. The number of nitrogens with zero attached hydrogens (tertiary/aromatic N) is 1. The van der Waals surface area contributed by atoms with E-state index in [1.165, 1.54) is 24.3 Å². The zero-order valence-electron chi connectivity index (χ0n) is 11.1. The molecule has 0 radical (unpaired) electrons. The van der Waals surface area contributed by atoms with Crippen LogP contribution in [0.15, 0.2) is 52.3 Å². The number of carbonyl (C=O) groups excluding carboxylic acids is 1. The number of benzene rings is 2. The van der Waals surface area contributed by atoms with Gasteiger partial charge in [-0.15, -0.1) is 0 Å². The van der Waals surface area contributed by atoms with Gasteiger partial charge in [0.25, 0.3) is 5.69 Å². The van der Waals surface area contributed by atoms with Crippen molar-refractivity contribution < 1.29 is 18.1 Å². The lowest BCUT2D eigenvalue weighted by Gasteiger charge is -2.11. The summed E-state index contributed by atoms with van der Waals surface area (Å²) in [6.07, 6.45) is 0. The van der Waals surface area contributed by atoms with Crippen molar-refractivity contribution in [2.24, 2.45) is 5.73 Å². The van der Waals surface area contributed by atoms with Crippen molar-refractivity contribution in [2.75, 3.05) is 5.73 Å². The molecule has 4 N–H and O–H groups in total. The van der Waals surface area contributed by atoms with Crippen molar-refractivity contribution in [1.82, 2.24) is 0 Å². The van der Waals surface area contributed by atoms with Gasteiger partial charge in [-0.2, -0.15) is 0 Å². The molecule has 9 heteroatoms. The van der Waals surface area contributed by atoms with Gasteiger partial charge in [0.15, 0.2) is 0 Å². The van der Waals surface area contributed by atoms with Crippen LogP contribution in [0.5, 0.6) is 0 Å². The molecule has 0 aliphatic carbocycles. The van der Waals surface area contributed by atoms with Gasteiger partial charge in [-0.1, -0.05) is 18.2 Å². The van der Waals surface area contributed by atoms with Gasteiger partial charge in [0, 0.05) is 6.07 Å². The fourth-order valence-electron chi connectivity index (χ4n) is 1.95. The molecule has 8 nitrogen and oxygen atoms in total. The summed E-state index contributed by atoms with van der Waals surface area (Å²) >= 11 is 0. The summed E-state index contributed by atoms with van der Waals surface area (Å²) in [5.41, 5.74) is 9.15. The summed E-state index contributed by atoms with van der Waals surface area (Å²) in [4.78, 5) is 20.8. The van der Waals surface area contributed by atoms with Gasteiger partial charge in [-0.25, -0.2) is 8.42 Å². The summed E-state index contributed by atoms with van der Waals surface area (Å²) in [7, 11) is -4.23. The van der Waals surface area contributed by atoms with Crippen molar-refractivity contribution in [3.05, 3.63) is 58.1 Å². The second-order valence-corrected chi connectivity index (χ2v) is 6.20. The largest absolute Gasteiger partial charge is 0.392 e. The number of sulfone groups is 1. The number of amides is 1. The molecule has 1 amide bonds. The Morgan fingerprint density at radius 2 is 1.68 bits per heavy atom. The van der Waals surface area contributed by atoms with Crippen molar-refractivity contribution in [2.45, 2.75) is 9.79 Å². The zero-order chi connectivity index (χ0) is 16.5. The highest BCUT2D eigenvalue weighted by molar-refractivity contribution is 7.91. The SMILES string of the molecule is NC(=O)c1ccc([N+](=O)[O-])c(N)c1S(=O)(=O)c1ccccc1. The van der Waals surface area contributed by atoms with Crippen LogP contribution in [-0.2, 0) is 9.84 Å². The van der Waals surface area contributed by atoms with Gasteiger partial charge in [0.2, 0.25) is 15.7 Å². The molecule has 2 aromatic carbocycles. The van der Waals surface area contributed by atoms with E-state index in [2.05, 4.69) is 0 Å². The van der Waals surface area contributed by atoms with Crippen LogP contribution in [0.1, 0.15) is 10.4 Å². The first-order valence-electron chi connectivity index (χ1n) is 5.93. The summed E-state index contributed by atoms with van der Waals surface area (Å²) in [5.74, 6) is -1.05. The summed E-state index contributed by atoms with van der Waals surface area (Å²) in [5, 5.41) is 10.9. The highest BCUT2D eigenvalue weighted by Crippen LogP contribution is 2.35. The maximum absolute atomic E-state index is 12.6. The smallest absolute Gasteiger partial charge is 0.293 e. The molecule has 0 aromatic heterocycles. The molecule has 114 valence electrons. The number of primary amides is 1. The predicted molar refractivity (Wildman–Crippen MR) is 77.9 cm³/mol. The minimum atomic E-state index is -4.23. The molecule has 0 aliphatic rings. The molecular formula is C13H11N3O5S. The highest BCUT2D eigenvalue weighted by Gasteiger charge is 2.31. The van der Waals surface area contributed by atoms with E-state index in [0.717, 1.165) is 12.1 Å². The highest BCUT2D eigenvalue weighted by atomic mass is 32.2. The van der Waals surface area contributed by atoms with E-state index in [1.54, 1.807) is 6.07 Å². The fourth-order valence-corrected chi connectivity index (χ4v) is 3.55. The normalized spacial score (nSPS) is 11.1. The topological polar surface area (TPSA) is 146 Å². The number of carbonyl (C=O) groups is 1. The molecule has 0 spiro atoms. The molecular weight excluding hydrogens is 310 g/mol. The van der Waals surface area contributed by atoms with Crippen molar-refractivity contribution in [3.8, 4) is 0 Å². The van der Waals surface area contributed by atoms with Crippen molar-refractivity contribution in [3.63, 3.8) is 0 Å². The number of hydrogen-bond acceptors (Lipinski definition) is 6. The average molecular weight is 321 g/mol. The third-order valence-corrected chi connectivity index (χ3v) is 4.83. The zero-order valence-corrected chi connectivity index (χ0v) is 11.9. The first-order valence-corrected chi connectivity index (χ1v) is 7.42. The van der Waals surface area contributed by atoms with Crippen molar-refractivity contribution in [1.29, 1.82) is 0 Å². The second kappa shape index (κ2) is 5.45. The lowest BCUT2D eigenvalue weighted by atomic mass is 10.1. The van der Waals surface area contributed by atoms with Gasteiger partial charge in [-0.3, -0.25) is 14.9 Å². The second-order valence-electron chi connectivity index (χ2n) is 4.31. The molecule has 0 saturated carbocycles. The predicted octanol–water partition coefficient (Wildman–Crippen LogP) is 1.11. The molecule has 0 fully saturated rings. The monoisotopic (exact) mass is 321 g/mol. The first-order chi connectivity index (χ1) is 10.3. The van der Waals surface area contributed by atoms with Crippen LogP contribution in [0.2, 0.25) is 0 Å². The molecule has 0 unspecified atom stereocenters. The van der Waals surface area contributed by atoms with Gasteiger partial charge in [0.05, 0.1) is 15.4 Å². The Kier molecular flexibility index (Phi) is 3.83. The van der Waals surface area contributed by atoms with E-state index in [1.807, 2.05) is 0 Å². The number of nitro benzene ring substituents is 1. The lowest BCUT2D eigenvalue weighted by Crippen LogP contribution is -2.19. The molecule has 0 atom stereocenters. The molecule has 22 heavy (non-hydrogen) atoms. The van der Waals surface area contributed by atoms with Crippen LogP contribution >= 0.6 is 0 Å². The van der Waals surface area contributed by atoms with E-state index >= 15 is 0 Å². The minimum Gasteiger partial charge on any atom is -0.392 e. The number of nitro groups is 1. The Balaban J connectivity index is 2.86. The number of nitrogen functional groups attached to an aromatic ring is 1. The maximum Gasteiger partial charge on any atom is 0.293 e. The Morgan fingerprint density at radius 1 is 1.09 bits per heavy atom. The number of anilines is 1. The van der Waals surface area contributed by atoms with Crippen LogP contribution < -0.4 is 11.5 Å². The third kappa shape index (κ3) is 2.49. The molecule has 0 saturated heterocycles. The summed E-state index contributed by atoms with van der Waals surface area (Å²) in [6, 6.07) is 9.06. The van der Waals surface area contributed by atoms with Crippen LogP contribution in [0.3, 0.4) is 0 Å². The Bertz CT molecular complexity index is 863. The maximum atomic E-state index is 12.6. The molecule has 0 heterocycles. The van der Waals surface area contributed by atoms with Gasteiger partial charge in [0.1, 0.15) is 10.6 Å². The quantitative estimate of drug-likeness (QED) is 0.490. The van der Waals surface area contributed by atoms with E-state index < -0.39 is 42.5 Å². The average Bonchev–Trinajstić information content (AvgIpc) is 2.46. The van der Waals surface area contributed by atoms with Crippen LogP contribution in [0.25, 0.3) is 0 Å². The molecule has 0 bridgehead atoms. The number of nitrogens with two attached hydrogens (primary N) is 2. The molecule has 0 aliphatic heterocycles. The standard InChI is InChI=1S/C13H11N3O5S/c14-11-10(16(18)19)7-6-9(13(15)17)12(11)22(20,21)8-4-2-1-3-5-8/h1-7H,14H2,(H2,15,17). The van der Waals surface area contributed by atoms with Gasteiger partial charge >= 0.3 is 0 Å². The Morgan fingerprint density at radius 3 is 2.18 bits per heavy atom. The Hall–Kier alpha value is -2.94. The minimum absolute atomic E-state index is 0.148. The van der Waals surface area contributed by atoms with Gasteiger partial charge in [-0.05, 0) is 18.2 Å². The molecule has 2 aromatic rings. The number of rotatable bonds is 4. The van der Waals surface area contributed by atoms with E-state index in [-0.39, 0.29) is 4.90 Å². The van der Waals surface area contributed by atoms with Gasteiger partial charge < -0.3 is 11.5 Å². The summed E-state index contributed by atoms with van der Waals surface area (Å²) in [6.45, 7) is 0. The molecule has 2 rings (SSSR count). The summed E-state index contributed by atoms with van der Waals surface area (Å²) < 4.78 is 25.3. The van der Waals surface area contributed by atoms with E-state index in [0.29, 0.717) is 0 Å². The Labute approximate surface area is 125 Å². The first kappa shape index (κ1) is 15.4. The van der Waals surface area contributed by atoms with Crippen molar-refractivity contribution >= 4 is 27.1 Å². The van der Waals surface area contributed by atoms with E-state index in [9.17, 15) is 23.3 Å². The lowest BCUT2D eigenvalue weighted by molar-refractivity contribution is -0.384. The van der Waals surface area contributed by atoms with Crippen LogP contribution in [0.4, 0.5) is 11.4 Å². The van der Waals surface area contributed by atoms with Crippen LogP contribution in [0, 0.1) is 10.1 Å². The third-order valence-electron chi connectivity index (χ3n) is 2.96. The number of hydrogen-bond donors (Lipinski definition) is 2. The van der Waals surface area contributed by atoms with Crippen LogP contribution in [-0.4, -0.2) is 19.2 Å².